The summed E-state index contributed by atoms with van der Waals surface area (Å²) in [7, 11) is 0. The van der Waals surface area contributed by atoms with Crippen LogP contribution in [0.5, 0.6) is 0 Å². The lowest BCUT2D eigenvalue weighted by Gasteiger charge is -2.28. The molecule has 0 aromatic heterocycles. The quantitative estimate of drug-likeness (QED) is 0.777. The minimum atomic E-state index is -2.89. The van der Waals surface area contributed by atoms with Crippen molar-refractivity contribution in [3.63, 3.8) is 0 Å². The summed E-state index contributed by atoms with van der Waals surface area (Å²) < 4.78 is 26.9. The van der Waals surface area contributed by atoms with Crippen molar-refractivity contribution in [3.05, 3.63) is 35.4 Å². The molecule has 1 N–H and O–H groups in total. The van der Waals surface area contributed by atoms with E-state index in [-0.39, 0.29) is 24.0 Å². The SMILES string of the molecule is O=C(O)C1CCC(F)(F)c2ccccc21. The molecular formula is C11H10F2O2. The van der Waals surface area contributed by atoms with Crippen LogP contribution >= 0.6 is 0 Å². The van der Waals surface area contributed by atoms with Crippen LogP contribution in [0, 0.1) is 0 Å². The molecule has 1 aliphatic carbocycles. The molecule has 0 radical (unpaired) electrons. The van der Waals surface area contributed by atoms with Gasteiger partial charge < -0.3 is 5.11 Å². The predicted octanol–water partition coefficient (Wildman–Crippen LogP) is 2.74. The summed E-state index contributed by atoms with van der Waals surface area (Å²) in [6.07, 6.45) is -0.389. The Bertz CT molecular complexity index is 401. The molecule has 15 heavy (non-hydrogen) atoms. The third-order valence-corrected chi connectivity index (χ3v) is 2.78. The summed E-state index contributed by atoms with van der Waals surface area (Å²) in [5.41, 5.74) is 0.116. The number of carboxylic acids is 1. The fourth-order valence-electron chi connectivity index (χ4n) is 2.01. The van der Waals surface area contributed by atoms with Gasteiger partial charge in [-0.25, -0.2) is 8.78 Å². The molecule has 0 aliphatic heterocycles. The van der Waals surface area contributed by atoms with Crippen molar-refractivity contribution < 1.29 is 18.7 Å². The van der Waals surface area contributed by atoms with Gasteiger partial charge in [0.1, 0.15) is 0 Å². The first kappa shape index (κ1) is 10.1. The molecule has 0 bridgehead atoms. The number of aliphatic carboxylic acids is 1. The molecule has 80 valence electrons. The predicted molar refractivity (Wildman–Crippen MR) is 49.9 cm³/mol. The van der Waals surface area contributed by atoms with Crippen molar-refractivity contribution in [2.24, 2.45) is 0 Å². The standard InChI is InChI=1S/C11H10F2O2/c12-11(13)6-5-8(10(14)15)7-3-1-2-4-9(7)11/h1-4,8H,5-6H2,(H,14,15). The molecule has 1 unspecified atom stereocenters. The maximum absolute atomic E-state index is 13.4. The molecule has 2 rings (SSSR count). The Hall–Kier alpha value is -1.45. The Morgan fingerprint density at radius 3 is 2.73 bits per heavy atom. The summed E-state index contributed by atoms with van der Waals surface area (Å²) in [6.45, 7) is 0. The van der Waals surface area contributed by atoms with Gasteiger partial charge in [0.05, 0.1) is 5.92 Å². The molecule has 0 saturated heterocycles. The van der Waals surface area contributed by atoms with Crippen LogP contribution in [-0.2, 0) is 10.7 Å². The zero-order valence-corrected chi connectivity index (χ0v) is 7.91. The van der Waals surface area contributed by atoms with Crippen LogP contribution in [-0.4, -0.2) is 11.1 Å². The van der Waals surface area contributed by atoms with Gasteiger partial charge in [0, 0.05) is 12.0 Å². The van der Waals surface area contributed by atoms with E-state index >= 15 is 0 Å². The first-order valence-electron chi connectivity index (χ1n) is 4.72. The molecule has 1 aromatic rings. The second-order valence-electron chi connectivity index (χ2n) is 3.72. The van der Waals surface area contributed by atoms with E-state index in [0.717, 1.165) is 0 Å². The lowest BCUT2D eigenvalue weighted by Crippen LogP contribution is -2.27. The van der Waals surface area contributed by atoms with Crippen LogP contribution in [0.15, 0.2) is 24.3 Å². The summed E-state index contributed by atoms with van der Waals surface area (Å²) >= 11 is 0. The number of alkyl halides is 2. The van der Waals surface area contributed by atoms with E-state index in [1.807, 2.05) is 0 Å². The summed E-state index contributed by atoms with van der Waals surface area (Å²) in [6, 6.07) is 5.89. The monoisotopic (exact) mass is 212 g/mol. The zero-order chi connectivity index (χ0) is 11.1. The highest BCUT2D eigenvalue weighted by Crippen LogP contribution is 2.44. The van der Waals surface area contributed by atoms with E-state index < -0.39 is 17.8 Å². The van der Waals surface area contributed by atoms with Crippen molar-refractivity contribution in [3.8, 4) is 0 Å². The minimum absolute atomic E-state index is 0.000648. The number of carboxylic acid groups (broad SMARTS) is 1. The van der Waals surface area contributed by atoms with E-state index in [0.29, 0.717) is 0 Å². The van der Waals surface area contributed by atoms with Crippen LogP contribution in [0.1, 0.15) is 29.9 Å². The Kier molecular flexibility index (Phi) is 2.21. The smallest absolute Gasteiger partial charge is 0.310 e. The summed E-state index contributed by atoms with van der Waals surface area (Å²) in [4.78, 5) is 10.9. The second kappa shape index (κ2) is 3.29. The minimum Gasteiger partial charge on any atom is -0.481 e. The average molecular weight is 212 g/mol. The number of rotatable bonds is 1. The first-order chi connectivity index (χ1) is 7.02. The number of carbonyl (C=O) groups is 1. The summed E-state index contributed by atoms with van der Waals surface area (Å²) in [5, 5.41) is 8.91. The third-order valence-electron chi connectivity index (χ3n) is 2.78. The molecule has 4 heteroatoms. The topological polar surface area (TPSA) is 37.3 Å². The molecule has 0 saturated carbocycles. The van der Waals surface area contributed by atoms with Gasteiger partial charge in [-0.3, -0.25) is 4.79 Å². The average Bonchev–Trinajstić information content (AvgIpc) is 2.17. The summed E-state index contributed by atoms with van der Waals surface area (Å²) in [5.74, 6) is -4.71. The Morgan fingerprint density at radius 1 is 1.40 bits per heavy atom. The van der Waals surface area contributed by atoms with Crippen molar-refractivity contribution in [1.82, 2.24) is 0 Å². The molecule has 2 nitrogen and oxygen atoms in total. The molecule has 0 heterocycles. The maximum atomic E-state index is 13.4. The molecule has 0 spiro atoms. The largest absolute Gasteiger partial charge is 0.481 e. The molecule has 0 fully saturated rings. The number of hydrogen-bond donors (Lipinski definition) is 1. The van der Waals surface area contributed by atoms with Crippen LogP contribution in [0.2, 0.25) is 0 Å². The van der Waals surface area contributed by atoms with Gasteiger partial charge >= 0.3 is 5.97 Å². The second-order valence-corrected chi connectivity index (χ2v) is 3.72. The molecule has 0 amide bonds. The van der Waals surface area contributed by atoms with E-state index in [1.165, 1.54) is 18.2 Å². The fraction of sp³-hybridized carbons (Fsp3) is 0.364. The third kappa shape index (κ3) is 1.60. The maximum Gasteiger partial charge on any atom is 0.310 e. The highest BCUT2D eigenvalue weighted by Gasteiger charge is 2.42. The van der Waals surface area contributed by atoms with Crippen molar-refractivity contribution in [2.45, 2.75) is 24.7 Å². The van der Waals surface area contributed by atoms with Gasteiger partial charge in [0.15, 0.2) is 0 Å². The lowest BCUT2D eigenvalue weighted by molar-refractivity contribution is -0.140. The number of hydrogen-bond acceptors (Lipinski definition) is 1. The van der Waals surface area contributed by atoms with Gasteiger partial charge in [-0.1, -0.05) is 24.3 Å². The van der Waals surface area contributed by atoms with Crippen molar-refractivity contribution >= 4 is 5.97 Å². The molecule has 1 aromatic carbocycles. The Morgan fingerprint density at radius 2 is 2.07 bits per heavy atom. The van der Waals surface area contributed by atoms with Gasteiger partial charge in [-0.2, -0.15) is 0 Å². The highest BCUT2D eigenvalue weighted by atomic mass is 19.3. The number of benzene rings is 1. The first-order valence-corrected chi connectivity index (χ1v) is 4.72. The van der Waals surface area contributed by atoms with E-state index in [2.05, 4.69) is 0 Å². The molecule has 1 atom stereocenters. The van der Waals surface area contributed by atoms with E-state index in [4.69, 9.17) is 5.11 Å². The number of halogens is 2. The van der Waals surface area contributed by atoms with Crippen LogP contribution in [0.3, 0.4) is 0 Å². The van der Waals surface area contributed by atoms with Crippen molar-refractivity contribution in [1.29, 1.82) is 0 Å². The zero-order valence-electron chi connectivity index (χ0n) is 7.91. The number of fused-ring (bicyclic) bond motifs is 1. The fourth-order valence-corrected chi connectivity index (χ4v) is 2.01. The molecular weight excluding hydrogens is 202 g/mol. The normalized spacial score (nSPS) is 23.2. The van der Waals surface area contributed by atoms with Crippen LogP contribution in [0.4, 0.5) is 8.78 Å². The van der Waals surface area contributed by atoms with Gasteiger partial charge in [0.25, 0.3) is 5.92 Å². The van der Waals surface area contributed by atoms with Crippen LogP contribution < -0.4 is 0 Å². The Balaban J connectivity index is 2.53. The van der Waals surface area contributed by atoms with Crippen molar-refractivity contribution in [2.75, 3.05) is 0 Å². The Labute approximate surface area is 85.5 Å². The van der Waals surface area contributed by atoms with Gasteiger partial charge in [-0.15, -0.1) is 0 Å². The van der Waals surface area contributed by atoms with E-state index in [1.54, 1.807) is 6.07 Å². The van der Waals surface area contributed by atoms with Gasteiger partial charge in [-0.05, 0) is 12.0 Å². The highest BCUT2D eigenvalue weighted by molar-refractivity contribution is 5.77. The lowest BCUT2D eigenvalue weighted by atomic mass is 9.81. The van der Waals surface area contributed by atoms with Crippen LogP contribution in [0.25, 0.3) is 0 Å². The van der Waals surface area contributed by atoms with E-state index in [9.17, 15) is 13.6 Å². The van der Waals surface area contributed by atoms with Gasteiger partial charge in [0.2, 0.25) is 0 Å². The molecule has 1 aliphatic rings.